The van der Waals surface area contributed by atoms with Crippen molar-refractivity contribution in [2.24, 2.45) is 0 Å². The topological polar surface area (TPSA) is 52.5 Å². The number of rotatable bonds is 5. The molecule has 3 heteroatoms. The van der Waals surface area contributed by atoms with E-state index in [0.29, 0.717) is 13.1 Å². The van der Waals surface area contributed by atoms with Crippen molar-refractivity contribution >= 4 is 0 Å². The van der Waals surface area contributed by atoms with Gasteiger partial charge in [0.05, 0.1) is 12.2 Å². The summed E-state index contributed by atoms with van der Waals surface area (Å²) in [5.41, 5.74) is 0. The highest BCUT2D eigenvalue weighted by Crippen LogP contribution is 1.86. The Balaban J connectivity index is 3.03. The maximum Gasteiger partial charge on any atom is 0.0662 e. The van der Waals surface area contributed by atoms with Gasteiger partial charge < -0.3 is 15.5 Å². The van der Waals surface area contributed by atoms with Gasteiger partial charge in [0, 0.05) is 13.1 Å². The van der Waals surface area contributed by atoms with Gasteiger partial charge in [0.1, 0.15) is 0 Å². The Labute approximate surface area is 62.1 Å². The molecule has 10 heavy (non-hydrogen) atoms. The highest BCUT2D eigenvalue weighted by Gasteiger charge is 1.99. The maximum atomic E-state index is 9.03. The van der Waals surface area contributed by atoms with Gasteiger partial charge in [-0.3, -0.25) is 0 Å². The standard InChI is InChI=1S/C7H17NO2/c1-3-7(10)5-8-4-6(2)9/h6-10H,3-5H2,1-2H3. The molecule has 0 spiro atoms. The molecule has 0 aliphatic rings. The van der Waals surface area contributed by atoms with E-state index in [-0.39, 0.29) is 12.2 Å². The molecule has 0 aromatic carbocycles. The summed E-state index contributed by atoms with van der Waals surface area (Å²) in [5.74, 6) is 0. The van der Waals surface area contributed by atoms with Crippen molar-refractivity contribution in [3.63, 3.8) is 0 Å². The number of hydrogen-bond acceptors (Lipinski definition) is 3. The van der Waals surface area contributed by atoms with Crippen LogP contribution in [0.5, 0.6) is 0 Å². The zero-order valence-corrected chi connectivity index (χ0v) is 6.67. The first-order chi connectivity index (χ1) is 4.66. The van der Waals surface area contributed by atoms with Gasteiger partial charge in [-0.1, -0.05) is 6.92 Å². The fraction of sp³-hybridized carbons (Fsp3) is 1.00. The third-order valence-electron chi connectivity index (χ3n) is 1.29. The third kappa shape index (κ3) is 6.01. The van der Waals surface area contributed by atoms with Crippen LogP contribution in [0, 0.1) is 0 Å². The minimum atomic E-state index is -0.330. The molecular weight excluding hydrogens is 130 g/mol. The molecule has 0 amide bonds. The van der Waals surface area contributed by atoms with Crippen LogP contribution in [0.1, 0.15) is 20.3 Å². The summed E-state index contributed by atoms with van der Waals surface area (Å²) in [7, 11) is 0. The zero-order valence-electron chi connectivity index (χ0n) is 6.67. The van der Waals surface area contributed by atoms with Gasteiger partial charge in [-0.15, -0.1) is 0 Å². The van der Waals surface area contributed by atoms with Crippen LogP contribution in [0.4, 0.5) is 0 Å². The first kappa shape index (κ1) is 9.88. The molecule has 2 unspecified atom stereocenters. The summed E-state index contributed by atoms with van der Waals surface area (Å²) in [5, 5.41) is 20.8. The Morgan fingerprint density at radius 1 is 1.30 bits per heavy atom. The second kappa shape index (κ2) is 5.65. The van der Waals surface area contributed by atoms with Gasteiger partial charge >= 0.3 is 0 Å². The van der Waals surface area contributed by atoms with E-state index in [0.717, 1.165) is 6.42 Å². The molecule has 0 aliphatic carbocycles. The molecule has 0 rings (SSSR count). The Morgan fingerprint density at radius 2 is 1.90 bits per heavy atom. The molecule has 62 valence electrons. The molecule has 0 saturated carbocycles. The van der Waals surface area contributed by atoms with Gasteiger partial charge in [-0.05, 0) is 13.3 Å². The van der Waals surface area contributed by atoms with Crippen molar-refractivity contribution in [3.8, 4) is 0 Å². The SMILES string of the molecule is CCC(O)CNCC(C)O. The summed E-state index contributed by atoms with van der Waals surface area (Å²) >= 11 is 0. The average molecular weight is 147 g/mol. The molecule has 0 saturated heterocycles. The van der Waals surface area contributed by atoms with Crippen LogP contribution in [-0.2, 0) is 0 Å². The first-order valence-corrected chi connectivity index (χ1v) is 3.73. The van der Waals surface area contributed by atoms with E-state index in [1.54, 1.807) is 6.92 Å². The fourth-order valence-electron chi connectivity index (χ4n) is 0.603. The zero-order chi connectivity index (χ0) is 7.98. The van der Waals surface area contributed by atoms with Crippen LogP contribution >= 0.6 is 0 Å². The largest absolute Gasteiger partial charge is 0.392 e. The molecule has 3 N–H and O–H groups in total. The predicted molar refractivity (Wildman–Crippen MR) is 40.8 cm³/mol. The molecule has 0 fully saturated rings. The maximum absolute atomic E-state index is 9.03. The molecule has 0 aliphatic heterocycles. The Hall–Kier alpha value is -0.120. The Kier molecular flexibility index (Phi) is 5.58. The summed E-state index contributed by atoms with van der Waals surface area (Å²) < 4.78 is 0. The number of aliphatic hydroxyl groups excluding tert-OH is 2. The minimum absolute atomic E-state index is 0.279. The van der Waals surface area contributed by atoms with Crippen molar-refractivity contribution in [3.05, 3.63) is 0 Å². The lowest BCUT2D eigenvalue weighted by Gasteiger charge is -2.09. The monoisotopic (exact) mass is 147 g/mol. The highest BCUT2D eigenvalue weighted by molar-refractivity contribution is 4.58. The van der Waals surface area contributed by atoms with Crippen molar-refractivity contribution in [1.82, 2.24) is 5.32 Å². The van der Waals surface area contributed by atoms with E-state index in [2.05, 4.69) is 5.32 Å². The van der Waals surface area contributed by atoms with Gasteiger partial charge in [-0.2, -0.15) is 0 Å². The van der Waals surface area contributed by atoms with Crippen LogP contribution in [0.3, 0.4) is 0 Å². The van der Waals surface area contributed by atoms with E-state index in [1.165, 1.54) is 0 Å². The van der Waals surface area contributed by atoms with Gasteiger partial charge in [0.25, 0.3) is 0 Å². The molecule has 0 heterocycles. The summed E-state index contributed by atoms with van der Waals surface area (Å²) in [6, 6.07) is 0. The molecular formula is C7H17NO2. The molecule has 0 aromatic heterocycles. The van der Waals surface area contributed by atoms with Gasteiger partial charge in [0.2, 0.25) is 0 Å². The highest BCUT2D eigenvalue weighted by atomic mass is 16.3. The number of nitrogens with one attached hydrogen (secondary N) is 1. The summed E-state index contributed by atoms with van der Waals surface area (Å²) in [4.78, 5) is 0. The van der Waals surface area contributed by atoms with Gasteiger partial charge in [-0.25, -0.2) is 0 Å². The second-order valence-corrected chi connectivity index (χ2v) is 2.57. The molecule has 0 radical (unpaired) electrons. The van der Waals surface area contributed by atoms with Crippen LogP contribution in [-0.4, -0.2) is 35.5 Å². The quantitative estimate of drug-likeness (QED) is 0.501. The van der Waals surface area contributed by atoms with Crippen LogP contribution < -0.4 is 5.32 Å². The number of hydrogen-bond donors (Lipinski definition) is 3. The second-order valence-electron chi connectivity index (χ2n) is 2.57. The van der Waals surface area contributed by atoms with E-state index in [4.69, 9.17) is 10.2 Å². The third-order valence-corrected chi connectivity index (χ3v) is 1.29. The average Bonchev–Trinajstić information content (AvgIpc) is 1.87. The van der Waals surface area contributed by atoms with Crippen molar-refractivity contribution < 1.29 is 10.2 Å². The van der Waals surface area contributed by atoms with E-state index >= 15 is 0 Å². The number of aliphatic hydroxyl groups is 2. The smallest absolute Gasteiger partial charge is 0.0662 e. The van der Waals surface area contributed by atoms with Crippen molar-refractivity contribution in [2.75, 3.05) is 13.1 Å². The molecule has 0 bridgehead atoms. The van der Waals surface area contributed by atoms with Crippen LogP contribution in [0.25, 0.3) is 0 Å². The lowest BCUT2D eigenvalue weighted by Crippen LogP contribution is -2.31. The van der Waals surface area contributed by atoms with E-state index < -0.39 is 0 Å². The summed E-state index contributed by atoms with van der Waals surface area (Å²) in [6.07, 6.45) is 0.148. The lowest BCUT2D eigenvalue weighted by atomic mass is 10.3. The minimum Gasteiger partial charge on any atom is -0.392 e. The normalized spacial score (nSPS) is 16.8. The first-order valence-electron chi connectivity index (χ1n) is 3.73. The van der Waals surface area contributed by atoms with Crippen molar-refractivity contribution in [1.29, 1.82) is 0 Å². The molecule has 3 nitrogen and oxygen atoms in total. The van der Waals surface area contributed by atoms with Crippen LogP contribution in [0.2, 0.25) is 0 Å². The predicted octanol–water partition coefficient (Wildman–Crippen LogP) is -0.272. The van der Waals surface area contributed by atoms with E-state index in [9.17, 15) is 0 Å². The van der Waals surface area contributed by atoms with E-state index in [1.807, 2.05) is 6.92 Å². The molecule has 0 aromatic rings. The summed E-state index contributed by atoms with van der Waals surface area (Å²) in [6.45, 7) is 4.76. The van der Waals surface area contributed by atoms with Gasteiger partial charge in [0.15, 0.2) is 0 Å². The van der Waals surface area contributed by atoms with Crippen molar-refractivity contribution in [2.45, 2.75) is 32.5 Å². The fourth-order valence-corrected chi connectivity index (χ4v) is 0.603. The lowest BCUT2D eigenvalue weighted by molar-refractivity contribution is 0.150. The van der Waals surface area contributed by atoms with Crippen LogP contribution in [0.15, 0.2) is 0 Å². The Morgan fingerprint density at radius 3 is 2.30 bits per heavy atom. The molecule has 2 atom stereocenters. The Bertz CT molecular complexity index is 76.0.